The summed E-state index contributed by atoms with van der Waals surface area (Å²) in [5.41, 5.74) is 4.60. The van der Waals surface area contributed by atoms with E-state index in [2.05, 4.69) is 34.9 Å². The average molecular weight is 477 g/mol. The van der Waals surface area contributed by atoms with Gasteiger partial charge in [-0.25, -0.2) is 4.79 Å². The van der Waals surface area contributed by atoms with Crippen LogP contribution in [0.2, 0.25) is 0 Å². The molecule has 184 valence electrons. The number of benzene rings is 2. The summed E-state index contributed by atoms with van der Waals surface area (Å²) < 4.78 is 5.65. The molecule has 7 nitrogen and oxygen atoms in total. The van der Waals surface area contributed by atoms with Gasteiger partial charge in [-0.1, -0.05) is 61.4 Å². The van der Waals surface area contributed by atoms with Crippen molar-refractivity contribution >= 4 is 18.0 Å². The fourth-order valence-corrected chi connectivity index (χ4v) is 5.73. The summed E-state index contributed by atoms with van der Waals surface area (Å²) in [4.78, 5) is 37.1. The summed E-state index contributed by atoms with van der Waals surface area (Å²) in [6.07, 6.45) is 4.74. The second-order valence-corrected chi connectivity index (χ2v) is 10.0. The molecule has 0 aromatic heterocycles. The Hall–Kier alpha value is -3.35. The van der Waals surface area contributed by atoms with Gasteiger partial charge in [-0.2, -0.15) is 0 Å². The average Bonchev–Trinajstić information content (AvgIpc) is 3.64. The molecular weight excluding hydrogens is 444 g/mol. The highest BCUT2D eigenvalue weighted by Gasteiger charge is 2.40. The number of carbonyl (C=O) groups excluding carboxylic acids is 2. The Bertz CT molecular complexity index is 1070. The van der Waals surface area contributed by atoms with E-state index >= 15 is 0 Å². The van der Waals surface area contributed by atoms with E-state index in [1.165, 1.54) is 0 Å². The molecule has 2 amide bonds. The lowest BCUT2D eigenvalue weighted by Gasteiger charge is -2.32. The van der Waals surface area contributed by atoms with Crippen LogP contribution in [-0.4, -0.2) is 41.8 Å². The van der Waals surface area contributed by atoms with Crippen molar-refractivity contribution in [1.82, 2.24) is 10.6 Å². The highest BCUT2D eigenvalue weighted by molar-refractivity contribution is 5.86. The van der Waals surface area contributed by atoms with Crippen molar-refractivity contribution in [2.45, 2.75) is 62.9 Å². The number of carboxylic acids is 1. The first-order valence-corrected chi connectivity index (χ1v) is 12.6. The predicted octanol–water partition coefficient (Wildman–Crippen LogP) is 4.45. The van der Waals surface area contributed by atoms with Gasteiger partial charge in [-0.3, -0.25) is 9.59 Å². The van der Waals surface area contributed by atoms with Crippen LogP contribution < -0.4 is 10.6 Å². The molecule has 3 aliphatic rings. The molecule has 35 heavy (non-hydrogen) atoms. The van der Waals surface area contributed by atoms with E-state index in [-0.39, 0.29) is 42.7 Å². The summed E-state index contributed by atoms with van der Waals surface area (Å²) in [7, 11) is 0. The molecule has 3 atom stereocenters. The Morgan fingerprint density at radius 1 is 0.914 bits per heavy atom. The van der Waals surface area contributed by atoms with Crippen molar-refractivity contribution in [1.29, 1.82) is 0 Å². The Kier molecular flexibility index (Phi) is 6.75. The molecule has 2 fully saturated rings. The van der Waals surface area contributed by atoms with Crippen molar-refractivity contribution in [3.05, 3.63) is 59.7 Å². The molecule has 0 saturated heterocycles. The second-order valence-electron chi connectivity index (χ2n) is 10.0. The predicted molar refractivity (Wildman–Crippen MR) is 131 cm³/mol. The fraction of sp³-hybridized carbons (Fsp3) is 0.464. The second kappa shape index (κ2) is 10.1. The minimum atomic E-state index is -0.841. The number of hydrogen-bond acceptors (Lipinski definition) is 4. The van der Waals surface area contributed by atoms with Crippen LogP contribution in [0.5, 0.6) is 0 Å². The first-order chi connectivity index (χ1) is 17.0. The van der Waals surface area contributed by atoms with Crippen LogP contribution in [0, 0.1) is 11.8 Å². The molecular formula is C28H32N2O5. The maximum Gasteiger partial charge on any atom is 0.407 e. The Labute approximate surface area is 205 Å². The zero-order chi connectivity index (χ0) is 24.4. The third-order valence-corrected chi connectivity index (χ3v) is 7.67. The lowest BCUT2D eigenvalue weighted by molar-refractivity contribution is -0.139. The highest BCUT2D eigenvalue weighted by atomic mass is 16.5. The van der Waals surface area contributed by atoms with Crippen molar-refractivity contribution in [3.8, 4) is 11.1 Å². The zero-order valence-corrected chi connectivity index (χ0v) is 19.7. The topological polar surface area (TPSA) is 105 Å². The van der Waals surface area contributed by atoms with Gasteiger partial charge in [-0.15, -0.1) is 0 Å². The quantitative estimate of drug-likeness (QED) is 0.522. The lowest BCUT2D eigenvalue weighted by Crippen LogP contribution is -2.53. The smallest absolute Gasteiger partial charge is 0.407 e. The maximum atomic E-state index is 13.1. The van der Waals surface area contributed by atoms with Crippen molar-refractivity contribution in [3.63, 3.8) is 0 Å². The molecule has 2 saturated carbocycles. The highest BCUT2D eigenvalue weighted by Crippen LogP contribution is 2.44. The van der Waals surface area contributed by atoms with Crippen molar-refractivity contribution in [2.75, 3.05) is 6.61 Å². The van der Waals surface area contributed by atoms with E-state index in [0.29, 0.717) is 0 Å². The summed E-state index contributed by atoms with van der Waals surface area (Å²) in [5, 5.41) is 15.1. The van der Waals surface area contributed by atoms with E-state index < -0.39 is 18.1 Å². The first kappa shape index (κ1) is 23.4. The molecule has 0 bridgehead atoms. The summed E-state index contributed by atoms with van der Waals surface area (Å²) in [6.45, 7) is 0.197. The number of fused-ring (bicyclic) bond motifs is 3. The summed E-state index contributed by atoms with van der Waals surface area (Å²) >= 11 is 0. The molecule has 7 heteroatoms. The van der Waals surface area contributed by atoms with Gasteiger partial charge in [0.25, 0.3) is 0 Å². The van der Waals surface area contributed by atoms with E-state index in [0.717, 1.165) is 60.8 Å². The number of carboxylic acid groups (broad SMARTS) is 1. The molecule has 5 rings (SSSR count). The Morgan fingerprint density at radius 3 is 2.17 bits per heavy atom. The van der Waals surface area contributed by atoms with Crippen LogP contribution in [-0.2, 0) is 14.3 Å². The monoisotopic (exact) mass is 476 g/mol. The third-order valence-electron chi connectivity index (χ3n) is 7.67. The fourth-order valence-electron chi connectivity index (χ4n) is 5.73. The van der Waals surface area contributed by atoms with Gasteiger partial charge in [-0.05, 0) is 59.8 Å². The molecule has 2 aromatic rings. The van der Waals surface area contributed by atoms with Crippen LogP contribution >= 0.6 is 0 Å². The maximum absolute atomic E-state index is 13.1. The van der Waals surface area contributed by atoms with Crippen LogP contribution in [0.25, 0.3) is 11.1 Å². The normalized spacial score (nSPS) is 21.9. The standard InChI is InChI=1S/C28H32N2O5/c31-25(32)15-18-7-1-6-12-24(18)29-27(33)26(17-13-14-17)30-28(34)35-16-23-21-10-4-2-8-19(21)20-9-3-5-11-22(20)23/h2-5,8-11,17-18,23-24,26H,1,6-7,12-16H2,(H,29,33)(H,30,34)(H,31,32)/t18-,24-,26?/m0/s1. The van der Waals surface area contributed by atoms with E-state index in [4.69, 9.17) is 4.74 Å². The SMILES string of the molecule is O=C(O)C[C@@H]1CCCC[C@@H]1NC(=O)C(NC(=O)OCC1c2ccccc2-c2ccccc21)C1CC1. The Morgan fingerprint density at radius 2 is 1.54 bits per heavy atom. The van der Waals surface area contributed by atoms with Gasteiger partial charge in [0.15, 0.2) is 0 Å². The Balaban J connectivity index is 1.21. The number of aliphatic carboxylic acids is 1. The minimum absolute atomic E-state index is 0.0413. The molecule has 0 spiro atoms. The number of alkyl carbamates (subject to hydrolysis) is 1. The summed E-state index contributed by atoms with van der Waals surface area (Å²) in [5.74, 6) is -1.09. The number of ether oxygens (including phenoxy) is 1. The molecule has 0 radical (unpaired) electrons. The van der Waals surface area contributed by atoms with Crippen LogP contribution in [0.4, 0.5) is 4.79 Å². The lowest BCUT2D eigenvalue weighted by atomic mass is 9.82. The number of carbonyl (C=O) groups is 3. The van der Waals surface area contributed by atoms with Gasteiger partial charge in [0.05, 0.1) is 6.42 Å². The molecule has 3 N–H and O–H groups in total. The molecule has 0 aliphatic heterocycles. The molecule has 0 heterocycles. The number of amides is 2. The van der Waals surface area contributed by atoms with Crippen molar-refractivity contribution in [2.24, 2.45) is 11.8 Å². The van der Waals surface area contributed by atoms with Gasteiger partial charge in [0, 0.05) is 12.0 Å². The molecule has 1 unspecified atom stereocenters. The molecule has 3 aliphatic carbocycles. The van der Waals surface area contributed by atoms with Gasteiger partial charge in [0.1, 0.15) is 12.6 Å². The molecule has 2 aromatic carbocycles. The van der Waals surface area contributed by atoms with Crippen LogP contribution in [0.3, 0.4) is 0 Å². The van der Waals surface area contributed by atoms with E-state index in [9.17, 15) is 19.5 Å². The van der Waals surface area contributed by atoms with Gasteiger partial charge in [0.2, 0.25) is 5.91 Å². The van der Waals surface area contributed by atoms with Crippen LogP contribution in [0.15, 0.2) is 48.5 Å². The first-order valence-electron chi connectivity index (χ1n) is 12.6. The number of rotatable bonds is 8. The van der Waals surface area contributed by atoms with E-state index in [1.54, 1.807) is 0 Å². The van der Waals surface area contributed by atoms with Gasteiger partial charge >= 0.3 is 12.1 Å². The number of hydrogen-bond donors (Lipinski definition) is 3. The largest absolute Gasteiger partial charge is 0.481 e. The number of nitrogens with one attached hydrogen (secondary N) is 2. The van der Waals surface area contributed by atoms with Gasteiger partial charge < -0.3 is 20.5 Å². The van der Waals surface area contributed by atoms with E-state index in [1.807, 2.05) is 24.3 Å². The zero-order valence-electron chi connectivity index (χ0n) is 19.7. The summed E-state index contributed by atoms with van der Waals surface area (Å²) in [6, 6.07) is 15.5. The minimum Gasteiger partial charge on any atom is -0.481 e. The van der Waals surface area contributed by atoms with Crippen molar-refractivity contribution < 1.29 is 24.2 Å². The van der Waals surface area contributed by atoms with Crippen LogP contribution in [0.1, 0.15) is 62.0 Å². The third kappa shape index (κ3) is 5.19.